The fraction of sp³-hybridized carbons (Fsp3) is 0.619. The lowest BCUT2D eigenvalue weighted by Gasteiger charge is -2.28. The van der Waals surface area contributed by atoms with Crippen molar-refractivity contribution in [3.8, 4) is 17.2 Å². The first-order chi connectivity index (χ1) is 13.5. The molecule has 2 fully saturated rings. The number of fused-ring (bicyclic) bond motifs is 2. The van der Waals surface area contributed by atoms with Crippen LogP contribution >= 0.6 is 0 Å². The highest BCUT2D eigenvalue weighted by Crippen LogP contribution is 2.49. The highest BCUT2D eigenvalue weighted by Gasteiger charge is 2.42. The summed E-state index contributed by atoms with van der Waals surface area (Å²) in [6.45, 7) is 2.00. The van der Waals surface area contributed by atoms with Gasteiger partial charge in [0, 0.05) is 11.6 Å². The van der Waals surface area contributed by atoms with E-state index in [-0.39, 0.29) is 24.4 Å². The van der Waals surface area contributed by atoms with Crippen molar-refractivity contribution in [3.05, 3.63) is 17.7 Å². The number of amides is 2. The topological polar surface area (TPSA) is 85.9 Å². The van der Waals surface area contributed by atoms with Gasteiger partial charge in [0.25, 0.3) is 5.91 Å². The molecule has 0 radical (unpaired) electrons. The van der Waals surface area contributed by atoms with Gasteiger partial charge < -0.3 is 24.8 Å². The zero-order chi connectivity index (χ0) is 20.3. The Bertz CT molecular complexity index is 711. The van der Waals surface area contributed by atoms with Gasteiger partial charge in [0.15, 0.2) is 11.5 Å². The highest BCUT2D eigenvalue weighted by atomic mass is 16.5. The zero-order valence-electron chi connectivity index (χ0n) is 17.0. The van der Waals surface area contributed by atoms with Crippen LogP contribution in [0.25, 0.3) is 0 Å². The Labute approximate surface area is 166 Å². The average molecular weight is 390 g/mol. The largest absolute Gasteiger partial charge is 0.493 e. The lowest BCUT2D eigenvalue weighted by molar-refractivity contribution is -0.121. The Hall–Kier alpha value is -2.44. The molecule has 1 aromatic rings. The first-order valence-electron chi connectivity index (χ1n) is 9.84. The normalized spacial score (nSPS) is 23.8. The van der Waals surface area contributed by atoms with Crippen LogP contribution in [-0.4, -0.2) is 45.7 Å². The summed E-state index contributed by atoms with van der Waals surface area (Å²) >= 11 is 0. The van der Waals surface area contributed by atoms with E-state index in [0.29, 0.717) is 28.7 Å². The number of hydrogen-bond acceptors (Lipinski definition) is 5. The molecule has 0 saturated heterocycles. The minimum atomic E-state index is -0.373. The maximum Gasteiger partial charge on any atom is 0.251 e. The molecule has 28 heavy (non-hydrogen) atoms. The first kappa shape index (κ1) is 20.3. The van der Waals surface area contributed by atoms with Gasteiger partial charge >= 0.3 is 0 Å². The maximum absolute atomic E-state index is 12.5. The third kappa shape index (κ3) is 4.18. The third-order valence-corrected chi connectivity index (χ3v) is 6.16. The summed E-state index contributed by atoms with van der Waals surface area (Å²) in [6.07, 6.45) is 5.15. The SMILES string of the molecule is COc1cc(C(=O)NCC(=O)NC(C)C2CC3CCC2C3)cc(OC)c1OC. The standard InChI is InChI=1S/C21H30N2O5/c1-12(16-8-13-5-6-14(16)7-13)23-19(24)11-22-21(25)15-9-17(26-2)20(28-4)18(10-15)27-3/h9-10,12-14,16H,5-8,11H2,1-4H3,(H,22,25)(H,23,24). The number of rotatable bonds is 8. The predicted molar refractivity (Wildman–Crippen MR) is 105 cm³/mol. The van der Waals surface area contributed by atoms with Gasteiger partial charge in [0.05, 0.1) is 27.9 Å². The molecule has 0 heterocycles. The van der Waals surface area contributed by atoms with Crippen LogP contribution in [0.2, 0.25) is 0 Å². The predicted octanol–water partition coefficient (Wildman–Crippen LogP) is 2.38. The summed E-state index contributed by atoms with van der Waals surface area (Å²) in [4.78, 5) is 24.8. The molecule has 2 saturated carbocycles. The molecule has 2 bridgehead atoms. The molecule has 154 valence electrons. The molecule has 4 unspecified atom stereocenters. The number of ether oxygens (including phenoxy) is 3. The summed E-state index contributed by atoms with van der Waals surface area (Å²) < 4.78 is 15.8. The van der Waals surface area contributed by atoms with Gasteiger partial charge in [-0.15, -0.1) is 0 Å². The molecule has 3 rings (SSSR count). The van der Waals surface area contributed by atoms with Crippen LogP contribution in [0.1, 0.15) is 43.0 Å². The highest BCUT2D eigenvalue weighted by molar-refractivity contribution is 5.97. The fourth-order valence-corrected chi connectivity index (χ4v) is 4.79. The maximum atomic E-state index is 12.5. The molecule has 2 aliphatic carbocycles. The molecule has 7 nitrogen and oxygen atoms in total. The summed E-state index contributed by atoms with van der Waals surface area (Å²) in [5.74, 6) is 2.80. The molecular formula is C21H30N2O5. The number of hydrogen-bond donors (Lipinski definition) is 2. The van der Waals surface area contributed by atoms with E-state index < -0.39 is 0 Å². The Kier molecular flexibility index (Phi) is 6.31. The van der Waals surface area contributed by atoms with E-state index in [0.717, 1.165) is 11.8 Å². The van der Waals surface area contributed by atoms with Crippen molar-refractivity contribution in [1.82, 2.24) is 10.6 Å². The lowest BCUT2D eigenvalue weighted by Crippen LogP contribution is -2.44. The van der Waals surface area contributed by atoms with E-state index in [1.54, 1.807) is 12.1 Å². The zero-order valence-corrected chi connectivity index (χ0v) is 17.0. The Balaban J connectivity index is 1.55. The second-order valence-corrected chi connectivity index (χ2v) is 7.79. The monoisotopic (exact) mass is 390 g/mol. The van der Waals surface area contributed by atoms with Crippen molar-refractivity contribution in [3.63, 3.8) is 0 Å². The molecule has 2 N–H and O–H groups in total. The number of benzene rings is 1. The first-order valence-corrected chi connectivity index (χ1v) is 9.84. The molecule has 7 heteroatoms. The van der Waals surface area contributed by atoms with Gasteiger partial charge in [-0.1, -0.05) is 6.42 Å². The van der Waals surface area contributed by atoms with Crippen molar-refractivity contribution in [2.45, 2.75) is 38.6 Å². The number of methoxy groups -OCH3 is 3. The van der Waals surface area contributed by atoms with Gasteiger partial charge in [-0.25, -0.2) is 0 Å². The van der Waals surface area contributed by atoms with Crippen LogP contribution in [0.3, 0.4) is 0 Å². The van der Waals surface area contributed by atoms with Gasteiger partial charge in [-0.3, -0.25) is 9.59 Å². The second kappa shape index (κ2) is 8.71. The van der Waals surface area contributed by atoms with E-state index >= 15 is 0 Å². The number of carbonyl (C=O) groups excluding carboxylic acids is 2. The summed E-state index contributed by atoms with van der Waals surface area (Å²) in [7, 11) is 4.48. The van der Waals surface area contributed by atoms with Gasteiger partial charge in [0.1, 0.15) is 0 Å². The Morgan fingerprint density at radius 1 is 1.07 bits per heavy atom. The van der Waals surface area contributed by atoms with E-state index in [2.05, 4.69) is 17.6 Å². The third-order valence-electron chi connectivity index (χ3n) is 6.16. The van der Waals surface area contributed by atoms with Gasteiger partial charge in [-0.2, -0.15) is 0 Å². The van der Waals surface area contributed by atoms with Crippen molar-refractivity contribution in [2.75, 3.05) is 27.9 Å². The second-order valence-electron chi connectivity index (χ2n) is 7.79. The quantitative estimate of drug-likeness (QED) is 0.712. The molecule has 4 atom stereocenters. The molecule has 2 aliphatic rings. The smallest absolute Gasteiger partial charge is 0.251 e. The molecular weight excluding hydrogens is 360 g/mol. The van der Waals surface area contributed by atoms with Crippen molar-refractivity contribution < 1.29 is 23.8 Å². The Morgan fingerprint density at radius 3 is 2.25 bits per heavy atom. The van der Waals surface area contributed by atoms with Crippen molar-refractivity contribution in [2.24, 2.45) is 17.8 Å². The average Bonchev–Trinajstić information content (AvgIpc) is 3.34. The van der Waals surface area contributed by atoms with Crippen molar-refractivity contribution >= 4 is 11.8 Å². The van der Waals surface area contributed by atoms with Crippen LogP contribution in [0.5, 0.6) is 17.2 Å². The number of nitrogens with one attached hydrogen (secondary N) is 2. The fourth-order valence-electron chi connectivity index (χ4n) is 4.79. The molecule has 0 aromatic heterocycles. The molecule has 0 spiro atoms. The van der Waals surface area contributed by atoms with Crippen LogP contribution in [-0.2, 0) is 4.79 Å². The Morgan fingerprint density at radius 2 is 1.75 bits per heavy atom. The van der Waals surface area contributed by atoms with Gasteiger partial charge in [0.2, 0.25) is 11.7 Å². The lowest BCUT2D eigenvalue weighted by atomic mass is 9.84. The van der Waals surface area contributed by atoms with Crippen LogP contribution in [0.4, 0.5) is 0 Å². The van der Waals surface area contributed by atoms with E-state index in [4.69, 9.17) is 14.2 Å². The van der Waals surface area contributed by atoms with E-state index in [1.807, 2.05) is 0 Å². The molecule has 2 amide bonds. The minimum absolute atomic E-state index is 0.0688. The summed E-state index contributed by atoms with van der Waals surface area (Å²) in [5.41, 5.74) is 0.337. The van der Waals surface area contributed by atoms with E-state index in [9.17, 15) is 9.59 Å². The van der Waals surface area contributed by atoms with Crippen LogP contribution in [0, 0.1) is 17.8 Å². The van der Waals surface area contributed by atoms with Crippen molar-refractivity contribution in [1.29, 1.82) is 0 Å². The minimum Gasteiger partial charge on any atom is -0.493 e. The molecule has 0 aliphatic heterocycles. The van der Waals surface area contributed by atoms with Crippen LogP contribution in [0.15, 0.2) is 12.1 Å². The van der Waals surface area contributed by atoms with Gasteiger partial charge in [-0.05, 0) is 56.1 Å². The summed E-state index contributed by atoms with van der Waals surface area (Å²) in [5, 5.41) is 5.72. The summed E-state index contributed by atoms with van der Waals surface area (Å²) in [6, 6.07) is 3.26. The number of carbonyl (C=O) groups is 2. The molecule has 1 aromatic carbocycles. The van der Waals surface area contributed by atoms with Crippen LogP contribution < -0.4 is 24.8 Å². The van der Waals surface area contributed by atoms with E-state index in [1.165, 1.54) is 47.0 Å².